The van der Waals surface area contributed by atoms with Crippen molar-refractivity contribution in [2.45, 2.75) is 38.9 Å². The van der Waals surface area contributed by atoms with Crippen LogP contribution in [0.25, 0.3) is 0 Å². The Kier molecular flexibility index (Phi) is 5.75. The normalized spacial score (nSPS) is 15.4. The molecule has 7 heteroatoms. The van der Waals surface area contributed by atoms with Crippen molar-refractivity contribution in [2.24, 2.45) is 0 Å². The van der Waals surface area contributed by atoms with Crippen LogP contribution in [-0.2, 0) is 35.5 Å². The number of hydrogen-bond donors (Lipinski definition) is 1. The number of aryl methyl sites for hydroxylation is 1. The molecule has 0 saturated carbocycles. The maximum Gasteiger partial charge on any atom is 0.326 e. The predicted octanol–water partition coefficient (Wildman–Crippen LogP) is 2.83. The maximum atomic E-state index is 12.9. The second-order valence-electron chi connectivity index (χ2n) is 7.81. The smallest absolute Gasteiger partial charge is 0.326 e. The van der Waals surface area contributed by atoms with E-state index in [1.54, 1.807) is 13.4 Å². The lowest BCUT2D eigenvalue weighted by Gasteiger charge is -2.33. The number of fused-ring (bicyclic) bond motifs is 1. The van der Waals surface area contributed by atoms with Gasteiger partial charge < -0.3 is 19.3 Å². The minimum atomic E-state index is -1.000. The van der Waals surface area contributed by atoms with Crippen molar-refractivity contribution >= 4 is 11.9 Å². The maximum absolute atomic E-state index is 12.9. The van der Waals surface area contributed by atoms with Gasteiger partial charge in [-0.3, -0.25) is 4.79 Å². The second-order valence-corrected chi connectivity index (χ2v) is 7.81. The van der Waals surface area contributed by atoms with Gasteiger partial charge in [-0.1, -0.05) is 42.5 Å². The summed E-state index contributed by atoms with van der Waals surface area (Å²) in [4.78, 5) is 30.8. The molecule has 1 N–H and O–H groups in total. The quantitative estimate of drug-likeness (QED) is 0.664. The zero-order valence-electron chi connectivity index (χ0n) is 17.6. The average Bonchev–Trinajstić information content (AvgIpc) is 3.15. The highest BCUT2D eigenvalue weighted by Gasteiger charge is 2.36. The predicted molar refractivity (Wildman–Crippen MR) is 115 cm³/mol. The topological polar surface area (TPSA) is 84.7 Å². The molecule has 31 heavy (non-hydrogen) atoms. The molecule has 2 aromatic carbocycles. The van der Waals surface area contributed by atoms with E-state index in [9.17, 15) is 14.7 Å². The van der Waals surface area contributed by atoms with Crippen molar-refractivity contribution in [3.05, 3.63) is 82.9 Å². The van der Waals surface area contributed by atoms with Gasteiger partial charge >= 0.3 is 5.97 Å². The van der Waals surface area contributed by atoms with Gasteiger partial charge in [0.25, 0.3) is 0 Å². The molecule has 0 radical (unpaired) electrons. The van der Waals surface area contributed by atoms with Crippen molar-refractivity contribution in [1.82, 2.24) is 14.5 Å². The lowest BCUT2D eigenvalue weighted by Crippen LogP contribution is -2.49. The highest BCUT2D eigenvalue weighted by atomic mass is 16.5. The molecule has 0 bridgehead atoms. The van der Waals surface area contributed by atoms with E-state index < -0.39 is 12.0 Å². The fourth-order valence-electron chi connectivity index (χ4n) is 4.11. The van der Waals surface area contributed by atoms with Crippen LogP contribution in [0.4, 0.5) is 0 Å². The van der Waals surface area contributed by atoms with Crippen LogP contribution in [0, 0.1) is 6.92 Å². The largest absolute Gasteiger partial charge is 0.496 e. The Labute approximate surface area is 180 Å². The zero-order valence-corrected chi connectivity index (χ0v) is 17.6. The van der Waals surface area contributed by atoms with Crippen LogP contribution in [0.1, 0.15) is 28.1 Å². The number of nitrogens with zero attached hydrogens (tertiary/aromatic N) is 3. The first-order valence-corrected chi connectivity index (χ1v) is 10.2. The van der Waals surface area contributed by atoms with Gasteiger partial charge in [-0.05, 0) is 29.7 Å². The Morgan fingerprint density at radius 1 is 1.16 bits per heavy atom. The van der Waals surface area contributed by atoms with Gasteiger partial charge in [-0.15, -0.1) is 0 Å². The molecule has 1 aliphatic heterocycles. The molecule has 4 rings (SSSR count). The van der Waals surface area contributed by atoms with Gasteiger partial charge in [-0.25, -0.2) is 9.78 Å². The number of rotatable bonds is 6. The third-order valence-electron chi connectivity index (χ3n) is 5.73. The summed E-state index contributed by atoms with van der Waals surface area (Å²) in [5.74, 6) is -0.375. The summed E-state index contributed by atoms with van der Waals surface area (Å²) in [6, 6.07) is 14.4. The average molecular weight is 419 g/mol. The fourth-order valence-corrected chi connectivity index (χ4v) is 4.11. The molecule has 2 heterocycles. The van der Waals surface area contributed by atoms with Crippen LogP contribution in [0.2, 0.25) is 0 Å². The number of carbonyl (C=O) groups is 2. The van der Waals surface area contributed by atoms with Crippen LogP contribution in [0.3, 0.4) is 0 Å². The summed E-state index contributed by atoms with van der Waals surface area (Å²) in [7, 11) is 1.64. The van der Waals surface area contributed by atoms with Gasteiger partial charge in [0.15, 0.2) is 0 Å². The number of carbonyl (C=O) groups excluding carboxylic acids is 1. The number of hydrogen-bond acceptors (Lipinski definition) is 4. The van der Waals surface area contributed by atoms with Gasteiger partial charge in [0.2, 0.25) is 5.91 Å². The molecule has 1 unspecified atom stereocenters. The summed E-state index contributed by atoms with van der Waals surface area (Å²) in [5, 5.41) is 9.82. The van der Waals surface area contributed by atoms with E-state index in [0.29, 0.717) is 6.54 Å². The monoisotopic (exact) mass is 419 g/mol. The van der Waals surface area contributed by atoms with Crippen LogP contribution in [-0.4, -0.2) is 44.6 Å². The number of amides is 1. The van der Waals surface area contributed by atoms with E-state index in [1.807, 2.05) is 54.0 Å². The molecule has 0 spiro atoms. The molecule has 160 valence electrons. The number of methoxy groups -OCH3 is 1. The molecular weight excluding hydrogens is 394 g/mol. The lowest BCUT2D eigenvalue weighted by atomic mass is 10.0. The first-order chi connectivity index (χ1) is 15.0. The van der Waals surface area contributed by atoms with Crippen molar-refractivity contribution in [2.75, 3.05) is 7.11 Å². The van der Waals surface area contributed by atoms with E-state index in [0.717, 1.165) is 33.8 Å². The summed E-state index contributed by atoms with van der Waals surface area (Å²) in [5.41, 5.74) is 4.60. The highest BCUT2D eigenvalue weighted by Crippen LogP contribution is 2.26. The van der Waals surface area contributed by atoms with Crippen molar-refractivity contribution < 1.29 is 19.4 Å². The Morgan fingerprint density at radius 3 is 2.61 bits per heavy atom. The van der Waals surface area contributed by atoms with E-state index in [-0.39, 0.29) is 25.3 Å². The standard InChI is InChI=1S/C24H25N3O4/c1-16-10-18(8-9-22(16)31-2)13-26-15-25-19-14-27(21(24(29)30)12-20(19)26)23(28)11-17-6-4-3-5-7-17/h3-10,15,21H,11-14H2,1-2H3,(H,29,30). The van der Waals surface area contributed by atoms with Crippen LogP contribution < -0.4 is 4.74 Å². The first kappa shape index (κ1) is 20.7. The van der Waals surface area contributed by atoms with E-state index in [4.69, 9.17) is 4.74 Å². The Bertz CT molecular complexity index is 1110. The minimum absolute atomic E-state index is 0.172. The van der Waals surface area contributed by atoms with Crippen molar-refractivity contribution in [1.29, 1.82) is 0 Å². The number of ether oxygens (including phenoxy) is 1. The number of aromatic nitrogens is 2. The molecule has 1 amide bonds. The summed E-state index contributed by atoms with van der Waals surface area (Å²) < 4.78 is 7.30. The van der Waals surface area contributed by atoms with Crippen molar-refractivity contribution in [3.63, 3.8) is 0 Å². The molecule has 7 nitrogen and oxygen atoms in total. The number of imidazole rings is 1. The number of carboxylic acids is 1. The summed E-state index contributed by atoms with van der Waals surface area (Å²) >= 11 is 0. The fraction of sp³-hybridized carbons (Fsp3) is 0.292. The third-order valence-corrected chi connectivity index (χ3v) is 5.73. The molecule has 0 saturated heterocycles. The van der Waals surface area contributed by atoms with Gasteiger partial charge in [0.1, 0.15) is 11.8 Å². The number of aliphatic carboxylic acids is 1. The van der Waals surface area contributed by atoms with Crippen molar-refractivity contribution in [3.8, 4) is 5.75 Å². The Balaban J connectivity index is 1.56. The number of carboxylic acid groups (broad SMARTS) is 1. The van der Waals surface area contributed by atoms with E-state index in [2.05, 4.69) is 11.1 Å². The zero-order chi connectivity index (χ0) is 22.0. The second kappa shape index (κ2) is 8.63. The molecule has 1 atom stereocenters. The first-order valence-electron chi connectivity index (χ1n) is 10.2. The highest BCUT2D eigenvalue weighted by molar-refractivity contribution is 5.85. The van der Waals surface area contributed by atoms with E-state index >= 15 is 0 Å². The molecular formula is C24H25N3O4. The molecule has 1 aliphatic rings. The van der Waals surface area contributed by atoms with E-state index in [1.165, 1.54) is 4.90 Å². The minimum Gasteiger partial charge on any atom is -0.496 e. The summed E-state index contributed by atoms with van der Waals surface area (Å²) in [6.45, 7) is 2.77. The molecule has 0 fully saturated rings. The third kappa shape index (κ3) is 4.30. The van der Waals surface area contributed by atoms with Gasteiger partial charge in [0.05, 0.1) is 32.1 Å². The SMILES string of the molecule is COc1ccc(Cn2cnc3c2CC(C(=O)O)N(C(=O)Cc2ccccc2)C3)cc1C. The van der Waals surface area contributed by atoms with Crippen LogP contribution in [0.5, 0.6) is 5.75 Å². The van der Waals surface area contributed by atoms with Crippen LogP contribution in [0.15, 0.2) is 54.9 Å². The Morgan fingerprint density at radius 2 is 1.94 bits per heavy atom. The van der Waals surface area contributed by atoms with Crippen LogP contribution >= 0.6 is 0 Å². The molecule has 0 aliphatic carbocycles. The van der Waals surface area contributed by atoms with Gasteiger partial charge in [0, 0.05) is 18.7 Å². The molecule has 1 aromatic heterocycles. The number of benzene rings is 2. The lowest BCUT2D eigenvalue weighted by molar-refractivity contribution is -0.151. The summed E-state index contributed by atoms with van der Waals surface area (Å²) in [6.07, 6.45) is 2.14. The van der Waals surface area contributed by atoms with Gasteiger partial charge in [-0.2, -0.15) is 0 Å². The Hall–Kier alpha value is -3.61. The molecule has 3 aromatic rings.